The molecule has 0 bridgehead atoms. The van der Waals surface area contributed by atoms with E-state index in [1.165, 1.54) is 25.1 Å². The Balaban J connectivity index is 2.41. The van der Waals surface area contributed by atoms with Gasteiger partial charge in [-0.05, 0) is 44.5 Å². The third kappa shape index (κ3) is 3.35. The number of carboxylic acids is 1. The zero-order valence-corrected chi connectivity index (χ0v) is 14.2. The van der Waals surface area contributed by atoms with Crippen molar-refractivity contribution in [3.05, 3.63) is 57.0 Å². The van der Waals surface area contributed by atoms with Crippen molar-refractivity contribution in [1.29, 1.82) is 0 Å². The number of hydrogen-bond acceptors (Lipinski definition) is 3. The van der Waals surface area contributed by atoms with Crippen LogP contribution in [0, 0.1) is 13.8 Å². The van der Waals surface area contributed by atoms with Crippen LogP contribution in [0.25, 0.3) is 0 Å². The van der Waals surface area contributed by atoms with Crippen LogP contribution in [0.15, 0.2) is 28.7 Å². The standard InChI is InChI=1S/C16H15Cl2NO4/c1-8-6-11(9(2)23-8)14(20)19-16(3,15(21)22)10-4-5-12(17)13(18)7-10/h4-7H,1-3H3,(H,19,20)(H,21,22). The first-order chi connectivity index (χ1) is 10.6. The summed E-state index contributed by atoms with van der Waals surface area (Å²) in [5, 5.41) is 12.6. The number of benzene rings is 1. The number of nitrogens with one attached hydrogen (secondary N) is 1. The van der Waals surface area contributed by atoms with Gasteiger partial charge in [0.05, 0.1) is 15.6 Å². The number of amides is 1. The van der Waals surface area contributed by atoms with Gasteiger partial charge in [-0.2, -0.15) is 0 Å². The minimum Gasteiger partial charge on any atom is -0.479 e. The Morgan fingerprint density at radius 2 is 1.83 bits per heavy atom. The molecule has 1 amide bonds. The van der Waals surface area contributed by atoms with E-state index in [0.717, 1.165) is 0 Å². The molecule has 0 spiro atoms. The molecule has 1 heterocycles. The van der Waals surface area contributed by atoms with Gasteiger partial charge in [0.15, 0.2) is 5.54 Å². The molecule has 1 aromatic carbocycles. The summed E-state index contributed by atoms with van der Waals surface area (Å²) in [6.45, 7) is 4.73. The smallest absolute Gasteiger partial charge is 0.333 e. The summed E-state index contributed by atoms with van der Waals surface area (Å²) >= 11 is 11.8. The zero-order valence-electron chi connectivity index (χ0n) is 12.7. The van der Waals surface area contributed by atoms with Crippen molar-refractivity contribution in [3.8, 4) is 0 Å². The molecule has 1 unspecified atom stereocenters. The first kappa shape index (κ1) is 17.4. The summed E-state index contributed by atoms with van der Waals surface area (Å²) in [4.78, 5) is 24.2. The molecular formula is C16H15Cl2NO4. The van der Waals surface area contributed by atoms with Crippen molar-refractivity contribution in [2.24, 2.45) is 0 Å². The number of furan rings is 1. The topological polar surface area (TPSA) is 79.5 Å². The molecule has 122 valence electrons. The van der Waals surface area contributed by atoms with Crippen molar-refractivity contribution in [1.82, 2.24) is 5.32 Å². The Morgan fingerprint density at radius 3 is 2.30 bits per heavy atom. The van der Waals surface area contributed by atoms with Crippen LogP contribution in [-0.2, 0) is 10.3 Å². The summed E-state index contributed by atoms with van der Waals surface area (Å²) in [7, 11) is 0. The lowest BCUT2D eigenvalue weighted by molar-refractivity contribution is -0.144. The quantitative estimate of drug-likeness (QED) is 0.870. The van der Waals surface area contributed by atoms with Crippen molar-refractivity contribution in [3.63, 3.8) is 0 Å². The lowest BCUT2D eigenvalue weighted by Gasteiger charge is -2.27. The number of carbonyl (C=O) groups is 2. The van der Waals surface area contributed by atoms with Gasteiger partial charge in [0.2, 0.25) is 0 Å². The van der Waals surface area contributed by atoms with E-state index >= 15 is 0 Å². The van der Waals surface area contributed by atoms with E-state index in [4.69, 9.17) is 27.6 Å². The molecule has 0 radical (unpaired) electrons. The number of rotatable bonds is 4. The second-order valence-corrected chi connectivity index (χ2v) is 6.15. The lowest BCUT2D eigenvalue weighted by Crippen LogP contribution is -2.49. The van der Waals surface area contributed by atoms with Crippen LogP contribution in [0.4, 0.5) is 0 Å². The highest BCUT2D eigenvalue weighted by atomic mass is 35.5. The minimum atomic E-state index is -1.66. The third-order valence-corrected chi connectivity index (χ3v) is 4.31. The Bertz CT molecular complexity index is 784. The number of aryl methyl sites for hydroxylation is 2. The van der Waals surface area contributed by atoms with E-state index in [9.17, 15) is 14.7 Å². The van der Waals surface area contributed by atoms with Crippen LogP contribution < -0.4 is 5.32 Å². The van der Waals surface area contributed by atoms with Gasteiger partial charge < -0.3 is 14.8 Å². The highest BCUT2D eigenvalue weighted by Gasteiger charge is 2.38. The van der Waals surface area contributed by atoms with E-state index in [2.05, 4.69) is 5.32 Å². The Hall–Kier alpha value is -1.98. The molecule has 2 N–H and O–H groups in total. The largest absolute Gasteiger partial charge is 0.479 e. The average Bonchev–Trinajstić information content (AvgIpc) is 2.80. The lowest BCUT2D eigenvalue weighted by atomic mass is 9.91. The molecule has 2 aromatic rings. The van der Waals surface area contributed by atoms with Crippen molar-refractivity contribution in [2.75, 3.05) is 0 Å². The first-order valence-electron chi connectivity index (χ1n) is 6.73. The molecule has 0 saturated carbocycles. The van der Waals surface area contributed by atoms with E-state index in [0.29, 0.717) is 22.1 Å². The molecule has 0 saturated heterocycles. The maximum absolute atomic E-state index is 12.4. The normalized spacial score (nSPS) is 13.4. The number of aliphatic carboxylic acids is 1. The van der Waals surface area contributed by atoms with Gasteiger partial charge in [-0.3, -0.25) is 4.79 Å². The SMILES string of the molecule is Cc1cc(C(=O)NC(C)(C(=O)O)c2ccc(Cl)c(Cl)c2)c(C)o1. The summed E-state index contributed by atoms with van der Waals surface area (Å²) in [5.74, 6) is -0.779. The Morgan fingerprint density at radius 1 is 1.17 bits per heavy atom. The van der Waals surface area contributed by atoms with Crippen LogP contribution in [-0.4, -0.2) is 17.0 Å². The first-order valence-corrected chi connectivity index (χ1v) is 7.49. The Kier molecular flexibility index (Phi) is 4.73. The molecule has 0 aliphatic heterocycles. The van der Waals surface area contributed by atoms with Crippen LogP contribution in [0.5, 0.6) is 0 Å². The summed E-state index contributed by atoms with van der Waals surface area (Å²) < 4.78 is 5.30. The van der Waals surface area contributed by atoms with Crippen LogP contribution in [0.3, 0.4) is 0 Å². The monoisotopic (exact) mass is 355 g/mol. The van der Waals surface area contributed by atoms with Crippen LogP contribution >= 0.6 is 23.2 Å². The van der Waals surface area contributed by atoms with Gasteiger partial charge in [-0.1, -0.05) is 29.3 Å². The predicted octanol–water partition coefficient (Wildman–Crippen LogP) is 3.93. The molecule has 1 aromatic heterocycles. The molecule has 1 atom stereocenters. The van der Waals surface area contributed by atoms with E-state index < -0.39 is 17.4 Å². The van der Waals surface area contributed by atoms with Crippen molar-refractivity contribution < 1.29 is 19.1 Å². The van der Waals surface area contributed by atoms with Crippen LogP contribution in [0.1, 0.15) is 34.4 Å². The second-order valence-electron chi connectivity index (χ2n) is 5.34. The van der Waals surface area contributed by atoms with Gasteiger partial charge in [0.1, 0.15) is 11.5 Å². The van der Waals surface area contributed by atoms with Gasteiger partial charge in [0, 0.05) is 0 Å². The molecular weight excluding hydrogens is 341 g/mol. The average molecular weight is 356 g/mol. The molecule has 5 nitrogen and oxygen atoms in total. The van der Waals surface area contributed by atoms with Gasteiger partial charge in [-0.15, -0.1) is 0 Å². The Labute approximate surface area is 143 Å². The highest BCUT2D eigenvalue weighted by Crippen LogP contribution is 2.29. The molecule has 0 aliphatic carbocycles. The van der Waals surface area contributed by atoms with Crippen molar-refractivity contribution >= 4 is 35.1 Å². The van der Waals surface area contributed by atoms with Gasteiger partial charge >= 0.3 is 5.97 Å². The fourth-order valence-corrected chi connectivity index (χ4v) is 2.50. The van der Waals surface area contributed by atoms with Crippen LogP contribution in [0.2, 0.25) is 10.0 Å². The highest BCUT2D eigenvalue weighted by molar-refractivity contribution is 6.42. The van der Waals surface area contributed by atoms with E-state index in [1.54, 1.807) is 19.9 Å². The second kappa shape index (κ2) is 6.26. The summed E-state index contributed by atoms with van der Waals surface area (Å²) in [5.41, 5.74) is -1.07. The molecule has 7 heteroatoms. The van der Waals surface area contributed by atoms with E-state index in [1.807, 2.05) is 0 Å². The molecule has 0 aliphatic rings. The van der Waals surface area contributed by atoms with Gasteiger partial charge in [-0.25, -0.2) is 4.79 Å². The number of carboxylic acid groups (broad SMARTS) is 1. The van der Waals surface area contributed by atoms with E-state index in [-0.39, 0.29) is 10.6 Å². The minimum absolute atomic E-state index is 0.209. The number of hydrogen-bond donors (Lipinski definition) is 2. The summed E-state index contributed by atoms with van der Waals surface area (Å²) in [6.07, 6.45) is 0. The maximum Gasteiger partial charge on any atom is 0.333 e. The number of carbonyl (C=O) groups excluding carboxylic acids is 1. The summed E-state index contributed by atoms with van der Waals surface area (Å²) in [6, 6.07) is 5.98. The molecule has 23 heavy (non-hydrogen) atoms. The fraction of sp³-hybridized carbons (Fsp3) is 0.250. The number of halogens is 2. The fourth-order valence-electron chi connectivity index (χ4n) is 2.21. The molecule has 0 fully saturated rings. The zero-order chi connectivity index (χ0) is 17.4. The van der Waals surface area contributed by atoms with Crippen molar-refractivity contribution in [2.45, 2.75) is 26.3 Å². The molecule has 2 rings (SSSR count). The predicted molar refractivity (Wildman–Crippen MR) is 87.1 cm³/mol. The van der Waals surface area contributed by atoms with Gasteiger partial charge in [0.25, 0.3) is 5.91 Å². The third-order valence-electron chi connectivity index (χ3n) is 3.57. The maximum atomic E-state index is 12.4.